The third-order valence-corrected chi connectivity index (χ3v) is 4.40. The molecule has 1 fully saturated rings. The van der Waals surface area contributed by atoms with Crippen molar-refractivity contribution in [2.75, 3.05) is 19.0 Å². The molecule has 1 aliphatic rings. The van der Waals surface area contributed by atoms with E-state index in [4.69, 9.17) is 11.6 Å². The Balaban J connectivity index is 1.57. The van der Waals surface area contributed by atoms with Gasteiger partial charge < -0.3 is 9.88 Å². The van der Waals surface area contributed by atoms with Gasteiger partial charge in [-0.05, 0) is 44.2 Å². The molecule has 1 aliphatic carbocycles. The normalized spacial score (nSPS) is 24.3. The van der Waals surface area contributed by atoms with E-state index in [2.05, 4.69) is 14.9 Å². The summed E-state index contributed by atoms with van der Waals surface area (Å²) in [4.78, 5) is 4.04. The van der Waals surface area contributed by atoms with Crippen LogP contribution in [0.25, 0.3) is 0 Å². The largest absolute Gasteiger partial charge is 0.337 e. The van der Waals surface area contributed by atoms with Crippen LogP contribution in [-0.2, 0) is 6.54 Å². The van der Waals surface area contributed by atoms with E-state index in [9.17, 15) is 0 Å². The minimum atomic E-state index is 0.738. The van der Waals surface area contributed by atoms with Crippen LogP contribution in [0.5, 0.6) is 0 Å². The van der Waals surface area contributed by atoms with Crippen LogP contribution in [0.4, 0.5) is 0 Å². The minimum Gasteiger partial charge on any atom is -0.337 e. The monoisotopic (exact) mass is 269 g/mol. The molecule has 3 nitrogen and oxygen atoms in total. The first-order valence-electron chi connectivity index (χ1n) is 7.12. The Morgan fingerprint density at radius 3 is 2.83 bits per heavy atom. The van der Waals surface area contributed by atoms with Crippen molar-refractivity contribution in [3.8, 4) is 0 Å². The summed E-state index contributed by atoms with van der Waals surface area (Å²) >= 11 is 6.04. The molecule has 0 spiro atoms. The Labute approximate surface area is 115 Å². The molecule has 1 saturated carbocycles. The van der Waals surface area contributed by atoms with Crippen LogP contribution < -0.4 is 5.32 Å². The molecule has 1 N–H and O–H groups in total. The molecule has 2 atom stereocenters. The zero-order valence-corrected chi connectivity index (χ0v) is 11.8. The molecule has 2 rings (SSSR count). The van der Waals surface area contributed by atoms with E-state index in [1.54, 1.807) is 0 Å². The van der Waals surface area contributed by atoms with Crippen LogP contribution in [-0.4, -0.2) is 28.5 Å². The zero-order chi connectivity index (χ0) is 12.6. The molecule has 0 aliphatic heterocycles. The number of hydrogen-bond donors (Lipinski definition) is 1. The summed E-state index contributed by atoms with van der Waals surface area (Å²) in [5.41, 5.74) is 0. The Kier molecular flexibility index (Phi) is 6.01. The Morgan fingerprint density at radius 2 is 2.11 bits per heavy atom. The number of imidazole rings is 1. The minimum absolute atomic E-state index is 0.738. The standard InChI is InChI=1S/C14H24ClN3/c15-10-13-4-1-2-5-14(13)11-16-6-3-8-18-9-7-17-12-18/h7,9,12-14,16H,1-6,8,10-11H2. The van der Waals surface area contributed by atoms with Gasteiger partial charge in [0.05, 0.1) is 6.33 Å². The first-order chi connectivity index (χ1) is 8.90. The molecule has 1 aromatic heterocycles. The highest BCUT2D eigenvalue weighted by atomic mass is 35.5. The zero-order valence-electron chi connectivity index (χ0n) is 11.0. The molecule has 2 unspecified atom stereocenters. The van der Waals surface area contributed by atoms with Gasteiger partial charge in [0.2, 0.25) is 0 Å². The number of alkyl halides is 1. The van der Waals surface area contributed by atoms with Gasteiger partial charge in [-0.2, -0.15) is 0 Å². The van der Waals surface area contributed by atoms with Gasteiger partial charge in [-0.1, -0.05) is 12.8 Å². The van der Waals surface area contributed by atoms with Crippen molar-refractivity contribution in [2.45, 2.75) is 38.6 Å². The molecule has 0 radical (unpaired) electrons. The number of halogens is 1. The van der Waals surface area contributed by atoms with Gasteiger partial charge in [0.15, 0.2) is 0 Å². The van der Waals surface area contributed by atoms with Crippen molar-refractivity contribution in [2.24, 2.45) is 11.8 Å². The molecule has 0 amide bonds. The summed E-state index contributed by atoms with van der Waals surface area (Å²) < 4.78 is 2.13. The highest BCUT2D eigenvalue weighted by Crippen LogP contribution is 2.30. The van der Waals surface area contributed by atoms with Crippen molar-refractivity contribution < 1.29 is 0 Å². The highest BCUT2D eigenvalue weighted by molar-refractivity contribution is 6.18. The number of nitrogens with one attached hydrogen (secondary N) is 1. The molecule has 4 heteroatoms. The van der Waals surface area contributed by atoms with Crippen LogP contribution in [0.3, 0.4) is 0 Å². The van der Waals surface area contributed by atoms with E-state index in [-0.39, 0.29) is 0 Å². The molecule has 102 valence electrons. The van der Waals surface area contributed by atoms with Gasteiger partial charge in [-0.15, -0.1) is 11.6 Å². The van der Waals surface area contributed by atoms with Gasteiger partial charge in [0.25, 0.3) is 0 Å². The second-order valence-electron chi connectivity index (χ2n) is 5.32. The van der Waals surface area contributed by atoms with Crippen molar-refractivity contribution in [1.29, 1.82) is 0 Å². The molecule has 1 aromatic rings. The molecule has 0 bridgehead atoms. The van der Waals surface area contributed by atoms with E-state index < -0.39 is 0 Å². The van der Waals surface area contributed by atoms with Crippen LogP contribution in [0, 0.1) is 11.8 Å². The maximum Gasteiger partial charge on any atom is 0.0945 e. The number of nitrogens with zero attached hydrogens (tertiary/aromatic N) is 2. The number of hydrogen-bond acceptors (Lipinski definition) is 2. The van der Waals surface area contributed by atoms with Crippen molar-refractivity contribution in [3.05, 3.63) is 18.7 Å². The topological polar surface area (TPSA) is 29.9 Å². The van der Waals surface area contributed by atoms with Gasteiger partial charge in [0, 0.05) is 24.8 Å². The lowest BCUT2D eigenvalue weighted by molar-refractivity contribution is 0.251. The van der Waals surface area contributed by atoms with E-state index >= 15 is 0 Å². The molecule has 0 saturated heterocycles. The lowest BCUT2D eigenvalue weighted by Gasteiger charge is -2.30. The first-order valence-corrected chi connectivity index (χ1v) is 7.66. The van der Waals surface area contributed by atoms with Gasteiger partial charge in [0.1, 0.15) is 0 Å². The van der Waals surface area contributed by atoms with Crippen molar-refractivity contribution in [3.63, 3.8) is 0 Å². The van der Waals surface area contributed by atoms with Gasteiger partial charge in [-0.3, -0.25) is 0 Å². The average molecular weight is 270 g/mol. The van der Waals surface area contributed by atoms with E-state index in [0.717, 1.165) is 43.8 Å². The summed E-state index contributed by atoms with van der Waals surface area (Å²) in [7, 11) is 0. The number of aromatic nitrogens is 2. The highest BCUT2D eigenvalue weighted by Gasteiger charge is 2.23. The smallest absolute Gasteiger partial charge is 0.0945 e. The fourth-order valence-corrected chi connectivity index (χ4v) is 3.26. The van der Waals surface area contributed by atoms with E-state index in [1.165, 1.54) is 25.7 Å². The lowest BCUT2D eigenvalue weighted by atomic mass is 9.80. The molecular weight excluding hydrogens is 246 g/mol. The molecule has 0 aromatic carbocycles. The third-order valence-electron chi connectivity index (χ3n) is 4.00. The van der Waals surface area contributed by atoms with Gasteiger partial charge >= 0.3 is 0 Å². The summed E-state index contributed by atoms with van der Waals surface area (Å²) in [6.07, 6.45) is 12.3. The van der Waals surface area contributed by atoms with Crippen LogP contribution in [0.2, 0.25) is 0 Å². The molecule has 1 heterocycles. The Bertz CT molecular complexity index is 313. The third kappa shape index (κ3) is 4.29. The fraction of sp³-hybridized carbons (Fsp3) is 0.786. The van der Waals surface area contributed by atoms with Crippen LogP contribution in [0.1, 0.15) is 32.1 Å². The summed E-state index contributed by atoms with van der Waals surface area (Å²) in [6.45, 7) is 3.28. The predicted octanol–water partition coefficient (Wildman–Crippen LogP) is 2.91. The number of rotatable bonds is 7. The van der Waals surface area contributed by atoms with E-state index in [0.29, 0.717) is 0 Å². The summed E-state index contributed by atoms with van der Waals surface area (Å²) in [6, 6.07) is 0. The van der Waals surface area contributed by atoms with E-state index in [1.807, 2.05) is 18.7 Å². The average Bonchev–Trinajstić information content (AvgIpc) is 2.92. The quantitative estimate of drug-likeness (QED) is 0.609. The van der Waals surface area contributed by atoms with Crippen LogP contribution >= 0.6 is 11.6 Å². The second kappa shape index (κ2) is 7.80. The fourth-order valence-electron chi connectivity index (χ4n) is 2.85. The summed E-state index contributed by atoms with van der Waals surface area (Å²) in [5.74, 6) is 2.37. The lowest BCUT2D eigenvalue weighted by Crippen LogP contribution is -2.32. The predicted molar refractivity (Wildman–Crippen MR) is 75.9 cm³/mol. The van der Waals surface area contributed by atoms with Gasteiger partial charge in [-0.25, -0.2) is 4.98 Å². The molecular formula is C14H24ClN3. The number of aryl methyl sites for hydroxylation is 1. The van der Waals surface area contributed by atoms with Crippen molar-refractivity contribution >= 4 is 11.6 Å². The Hall–Kier alpha value is -0.540. The van der Waals surface area contributed by atoms with Crippen molar-refractivity contribution in [1.82, 2.24) is 14.9 Å². The summed E-state index contributed by atoms with van der Waals surface area (Å²) in [5, 5.41) is 3.59. The second-order valence-corrected chi connectivity index (χ2v) is 5.63. The SMILES string of the molecule is ClCC1CCCCC1CNCCCn1ccnc1. The first kappa shape index (κ1) is 13.9. The maximum absolute atomic E-state index is 6.04. The Morgan fingerprint density at radius 1 is 1.28 bits per heavy atom. The molecule has 18 heavy (non-hydrogen) atoms. The maximum atomic E-state index is 6.04. The van der Waals surface area contributed by atoms with Crippen LogP contribution in [0.15, 0.2) is 18.7 Å².